The molecule has 1 aliphatic heterocycles. The van der Waals surface area contributed by atoms with Crippen LogP contribution in [0.5, 0.6) is 0 Å². The molecule has 9 heteroatoms. The zero-order valence-corrected chi connectivity index (χ0v) is 14.9. The van der Waals surface area contributed by atoms with Gasteiger partial charge in [-0.3, -0.25) is 14.4 Å². The number of carbonyl (C=O) groups excluding carboxylic acids is 3. The van der Waals surface area contributed by atoms with Crippen molar-refractivity contribution in [1.29, 1.82) is 0 Å². The molecule has 4 rings (SSSR count). The predicted octanol–water partition coefficient (Wildman–Crippen LogP) is 2.16. The fraction of sp³-hybridized carbons (Fsp3) is 0.167. The fourth-order valence-electron chi connectivity index (χ4n) is 2.87. The zero-order valence-electron chi connectivity index (χ0n) is 14.1. The number of hydrogen-bond acceptors (Lipinski definition) is 6. The van der Waals surface area contributed by atoms with Crippen molar-refractivity contribution in [1.82, 2.24) is 14.1 Å². The number of para-hydroxylation sites is 1. The van der Waals surface area contributed by atoms with Crippen LogP contribution in [-0.4, -0.2) is 32.5 Å². The number of amides is 3. The fourth-order valence-corrected chi connectivity index (χ4v) is 3.39. The number of anilines is 2. The molecule has 0 radical (unpaired) electrons. The highest BCUT2D eigenvalue weighted by molar-refractivity contribution is 7.00. The van der Waals surface area contributed by atoms with Crippen molar-refractivity contribution in [2.45, 2.75) is 18.9 Å². The monoisotopic (exact) mass is 381 g/mol. The van der Waals surface area contributed by atoms with Gasteiger partial charge in [0.15, 0.2) is 0 Å². The van der Waals surface area contributed by atoms with Gasteiger partial charge in [-0.05, 0) is 36.8 Å². The third-order valence-electron chi connectivity index (χ3n) is 4.25. The van der Waals surface area contributed by atoms with Gasteiger partial charge in [0, 0.05) is 12.1 Å². The molecular weight excluding hydrogens is 366 g/mol. The first-order chi connectivity index (χ1) is 13.1. The standard InChI is InChI=1S/C18H15N5O3S/c24-16(19-10-5-6-13-15(9-10)23-27-22-13)8-7-14-18(26)20-12-4-2-1-3-11(12)17(25)21-14/h1-6,9,14H,7-8H2,(H,19,24)(H,20,26)(H,21,25)/t14-/m1/s1. The average Bonchev–Trinajstić information content (AvgIpc) is 3.08. The smallest absolute Gasteiger partial charge is 0.254 e. The number of hydrogen-bond donors (Lipinski definition) is 3. The van der Waals surface area contributed by atoms with E-state index in [0.717, 1.165) is 17.2 Å². The Morgan fingerprint density at radius 1 is 1.11 bits per heavy atom. The Balaban J connectivity index is 1.38. The molecule has 0 saturated carbocycles. The lowest BCUT2D eigenvalue weighted by atomic mass is 10.1. The van der Waals surface area contributed by atoms with Crippen LogP contribution in [0, 0.1) is 0 Å². The number of nitrogens with zero attached hydrogens (tertiary/aromatic N) is 2. The van der Waals surface area contributed by atoms with Gasteiger partial charge in [-0.25, -0.2) is 0 Å². The normalized spacial score (nSPS) is 16.2. The van der Waals surface area contributed by atoms with Gasteiger partial charge in [0.1, 0.15) is 17.1 Å². The summed E-state index contributed by atoms with van der Waals surface area (Å²) in [6.07, 6.45) is 0.278. The molecule has 2 heterocycles. The Labute approximate surface area is 158 Å². The minimum absolute atomic E-state index is 0.0854. The molecule has 0 saturated heterocycles. The lowest BCUT2D eigenvalue weighted by Crippen LogP contribution is -2.41. The number of carbonyl (C=O) groups is 3. The second kappa shape index (κ2) is 7.12. The Morgan fingerprint density at radius 2 is 1.93 bits per heavy atom. The highest BCUT2D eigenvalue weighted by Gasteiger charge is 2.27. The SMILES string of the molecule is O=C(CC[C@H]1NC(=O)c2ccccc2NC1=O)Nc1ccc2nsnc2c1. The van der Waals surface area contributed by atoms with Gasteiger partial charge in [0.2, 0.25) is 11.8 Å². The van der Waals surface area contributed by atoms with Crippen molar-refractivity contribution in [3.8, 4) is 0 Å². The minimum Gasteiger partial charge on any atom is -0.340 e. The highest BCUT2D eigenvalue weighted by atomic mass is 32.1. The lowest BCUT2D eigenvalue weighted by molar-refractivity contribution is -0.118. The van der Waals surface area contributed by atoms with Crippen molar-refractivity contribution in [3.63, 3.8) is 0 Å². The molecule has 1 aliphatic rings. The number of rotatable bonds is 4. The molecule has 1 atom stereocenters. The van der Waals surface area contributed by atoms with Crippen LogP contribution in [0.3, 0.4) is 0 Å². The van der Waals surface area contributed by atoms with E-state index in [0.29, 0.717) is 22.5 Å². The largest absolute Gasteiger partial charge is 0.340 e. The van der Waals surface area contributed by atoms with Crippen LogP contribution >= 0.6 is 11.7 Å². The van der Waals surface area contributed by atoms with Crippen LogP contribution < -0.4 is 16.0 Å². The van der Waals surface area contributed by atoms with Gasteiger partial charge >= 0.3 is 0 Å². The molecule has 3 N–H and O–H groups in total. The van der Waals surface area contributed by atoms with E-state index in [1.807, 2.05) is 0 Å². The molecule has 1 aromatic heterocycles. The average molecular weight is 381 g/mol. The van der Waals surface area contributed by atoms with Crippen LogP contribution in [0.15, 0.2) is 42.5 Å². The van der Waals surface area contributed by atoms with Crippen LogP contribution in [0.25, 0.3) is 11.0 Å². The van der Waals surface area contributed by atoms with E-state index in [2.05, 4.69) is 24.7 Å². The summed E-state index contributed by atoms with van der Waals surface area (Å²) in [6.45, 7) is 0. The Morgan fingerprint density at radius 3 is 2.81 bits per heavy atom. The van der Waals surface area contributed by atoms with Crippen molar-refractivity contribution < 1.29 is 14.4 Å². The van der Waals surface area contributed by atoms with Gasteiger partial charge in [-0.1, -0.05) is 12.1 Å². The number of nitrogens with one attached hydrogen (secondary N) is 3. The summed E-state index contributed by atoms with van der Waals surface area (Å²) in [6, 6.07) is 11.3. The van der Waals surface area contributed by atoms with E-state index in [4.69, 9.17) is 0 Å². The zero-order chi connectivity index (χ0) is 18.8. The van der Waals surface area contributed by atoms with Crippen molar-refractivity contribution in [2.75, 3.05) is 10.6 Å². The molecule has 0 spiro atoms. The van der Waals surface area contributed by atoms with E-state index < -0.39 is 6.04 Å². The number of fused-ring (bicyclic) bond motifs is 2. The Hall–Kier alpha value is -3.33. The first-order valence-corrected chi connectivity index (χ1v) is 9.06. The van der Waals surface area contributed by atoms with E-state index >= 15 is 0 Å². The van der Waals surface area contributed by atoms with Gasteiger partial charge in [-0.2, -0.15) is 8.75 Å². The first kappa shape index (κ1) is 17.1. The molecule has 27 heavy (non-hydrogen) atoms. The van der Waals surface area contributed by atoms with E-state index in [-0.39, 0.29) is 30.6 Å². The summed E-state index contributed by atoms with van der Waals surface area (Å²) >= 11 is 1.11. The third-order valence-corrected chi connectivity index (χ3v) is 4.81. The molecular formula is C18H15N5O3S. The summed E-state index contributed by atoms with van der Waals surface area (Å²) in [5.41, 5.74) is 2.98. The number of aromatic nitrogens is 2. The molecule has 0 aliphatic carbocycles. The molecule has 0 unspecified atom stereocenters. The van der Waals surface area contributed by atoms with Crippen molar-refractivity contribution in [3.05, 3.63) is 48.0 Å². The van der Waals surface area contributed by atoms with Crippen LogP contribution in [0.4, 0.5) is 11.4 Å². The van der Waals surface area contributed by atoms with Gasteiger partial charge in [0.25, 0.3) is 5.91 Å². The molecule has 136 valence electrons. The molecule has 0 fully saturated rings. The quantitative estimate of drug-likeness (QED) is 0.641. The summed E-state index contributed by atoms with van der Waals surface area (Å²) in [4.78, 5) is 36.9. The number of benzene rings is 2. The maximum absolute atomic E-state index is 12.3. The highest BCUT2D eigenvalue weighted by Crippen LogP contribution is 2.20. The second-order valence-electron chi connectivity index (χ2n) is 6.12. The van der Waals surface area contributed by atoms with Crippen LogP contribution in [0.1, 0.15) is 23.2 Å². The molecule has 3 amide bonds. The van der Waals surface area contributed by atoms with Gasteiger partial charge in [0.05, 0.1) is 23.0 Å². The molecule has 8 nitrogen and oxygen atoms in total. The van der Waals surface area contributed by atoms with Gasteiger partial charge in [-0.15, -0.1) is 0 Å². The predicted molar refractivity (Wildman–Crippen MR) is 102 cm³/mol. The minimum atomic E-state index is -0.777. The topological polar surface area (TPSA) is 113 Å². The molecule has 2 aromatic carbocycles. The first-order valence-electron chi connectivity index (χ1n) is 8.33. The maximum atomic E-state index is 12.3. The molecule has 3 aromatic rings. The van der Waals surface area contributed by atoms with Crippen molar-refractivity contribution in [2.24, 2.45) is 0 Å². The van der Waals surface area contributed by atoms with Crippen LogP contribution in [-0.2, 0) is 9.59 Å². The molecule has 0 bridgehead atoms. The van der Waals surface area contributed by atoms with E-state index in [9.17, 15) is 14.4 Å². The lowest BCUT2D eigenvalue weighted by Gasteiger charge is -2.14. The van der Waals surface area contributed by atoms with E-state index in [1.54, 1.807) is 42.5 Å². The summed E-state index contributed by atoms with van der Waals surface area (Å²) in [7, 11) is 0. The Kier molecular flexibility index (Phi) is 4.51. The Bertz CT molecular complexity index is 1050. The summed E-state index contributed by atoms with van der Waals surface area (Å²) in [5.74, 6) is -0.923. The van der Waals surface area contributed by atoms with E-state index in [1.165, 1.54) is 0 Å². The third kappa shape index (κ3) is 3.63. The summed E-state index contributed by atoms with van der Waals surface area (Å²) in [5, 5.41) is 8.18. The van der Waals surface area contributed by atoms with Crippen molar-refractivity contribution >= 4 is 51.9 Å². The van der Waals surface area contributed by atoms with Gasteiger partial charge < -0.3 is 16.0 Å². The second-order valence-corrected chi connectivity index (χ2v) is 6.64. The van der Waals surface area contributed by atoms with Crippen LogP contribution in [0.2, 0.25) is 0 Å². The maximum Gasteiger partial charge on any atom is 0.254 e. The summed E-state index contributed by atoms with van der Waals surface area (Å²) < 4.78 is 8.24.